The van der Waals surface area contributed by atoms with E-state index in [0.717, 1.165) is 0 Å². The van der Waals surface area contributed by atoms with E-state index < -0.39 is 17.2 Å². The van der Waals surface area contributed by atoms with Crippen molar-refractivity contribution in [2.45, 2.75) is 0 Å². The molecule has 0 aliphatic rings. The first-order valence-corrected chi connectivity index (χ1v) is 3.31. The average molecular weight is 160 g/mol. The number of aliphatic hydroxyl groups excluding tert-OH is 1. The first kappa shape index (κ1) is 8.26. The molecule has 0 spiro atoms. The minimum Gasteiger partial charge on any atom is -0.369 e. The lowest BCUT2D eigenvalue weighted by molar-refractivity contribution is 0.0949. The Morgan fingerprint density at radius 1 is 1.62 bits per heavy atom. The number of hydrogen-bond acceptors (Lipinski definition) is 5. The molecule has 0 heterocycles. The minimum absolute atomic E-state index is 0.906. The van der Waals surface area contributed by atoms with Gasteiger partial charge in [-0.3, -0.25) is 0 Å². The summed E-state index contributed by atoms with van der Waals surface area (Å²) in [7, 11) is -2.48. The Labute approximate surface area is 49.2 Å². The van der Waals surface area contributed by atoms with Gasteiger partial charge in [0.2, 0.25) is 0 Å². The van der Waals surface area contributed by atoms with E-state index in [9.17, 15) is 8.42 Å². The highest BCUT2D eigenvalue weighted by Gasteiger charge is 2.05. The largest absolute Gasteiger partial charge is 0.404 e. The third-order valence-corrected chi connectivity index (χ3v) is 1.65. The maximum Gasteiger partial charge on any atom is 0.404 e. The Kier molecular flexibility index (Phi) is 3.43. The molecule has 1 unspecified atom stereocenters. The van der Waals surface area contributed by atoms with Crippen LogP contribution in [0.4, 0.5) is 0 Å². The summed E-state index contributed by atoms with van der Waals surface area (Å²) in [5, 5.41) is 7.84. The highest BCUT2D eigenvalue weighted by Crippen LogP contribution is 1.98. The van der Waals surface area contributed by atoms with Crippen LogP contribution in [-0.2, 0) is 18.6 Å². The van der Waals surface area contributed by atoms with E-state index in [-0.39, 0.29) is 0 Å². The Bertz CT molecular complexity index is 137. The summed E-state index contributed by atoms with van der Waals surface area (Å²) in [6, 6.07) is 0. The minimum atomic E-state index is -3.96. The van der Waals surface area contributed by atoms with Gasteiger partial charge in [0.05, 0.1) is 0 Å². The zero-order valence-electron chi connectivity index (χ0n) is 3.77. The summed E-state index contributed by atoms with van der Waals surface area (Å²) < 4.78 is 27.3. The van der Waals surface area contributed by atoms with Gasteiger partial charge in [-0.25, -0.2) is 8.15 Å². The van der Waals surface area contributed by atoms with E-state index >= 15 is 0 Å². The van der Waals surface area contributed by atoms with E-state index in [1.807, 2.05) is 0 Å². The smallest absolute Gasteiger partial charge is 0.369 e. The number of aliphatic hydroxyl groups is 1. The van der Waals surface area contributed by atoms with Gasteiger partial charge in [0, 0.05) is 9.47 Å². The third-order valence-electron chi connectivity index (χ3n) is 0.315. The number of hydrogen-bond donors (Lipinski definition) is 1. The summed E-state index contributed by atoms with van der Waals surface area (Å²) in [5.74, 6) is 0. The second kappa shape index (κ2) is 3.32. The monoisotopic (exact) mass is 160 g/mol. The van der Waals surface area contributed by atoms with E-state index in [4.69, 9.17) is 5.11 Å². The van der Waals surface area contributed by atoms with Crippen molar-refractivity contribution in [2.24, 2.45) is 0 Å². The lowest BCUT2D eigenvalue weighted by atomic mass is 11.6. The summed E-state index contributed by atoms with van der Waals surface area (Å²) >= 11 is 0. The van der Waals surface area contributed by atoms with Gasteiger partial charge in [0.1, 0.15) is 0 Å². The molecule has 0 aromatic rings. The van der Waals surface area contributed by atoms with E-state index in [2.05, 4.69) is 8.15 Å². The molecule has 0 aromatic carbocycles. The van der Waals surface area contributed by atoms with Gasteiger partial charge in [-0.2, -0.15) is 8.42 Å². The molecule has 1 N–H and O–H groups in total. The van der Waals surface area contributed by atoms with Gasteiger partial charge in [-0.15, -0.1) is 0 Å². The van der Waals surface area contributed by atoms with Gasteiger partial charge in [0.25, 0.3) is 0 Å². The maximum absolute atomic E-state index is 9.97. The van der Waals surface area contributed by atoms with E-state index in [0.29, 0.717) is 0 Å². The molecule has 5 nitrogen and oxygen atoms in total. The topological polar surface area (TPSA) is 72.8 Å². The maximum atomic E-state index is 9.97. The standard InChI is InChI=1S/CH5O5PS/c2-1-5-8(3,4)6-7/h2H,1,7H2. The van der Waals surface area contributed by atoms with Gasteiger partial charge >= 0.3 is 10.4 Å². The quantitative estimate of drug-likeness (QED) is 0.423. The molecule has 0 aliphatic carbocycles. The summed E-state index contributed by atoms with van der Waals surface area (Å²) in [4.78, 5) is 0. The third kappa shape index (κ3) is 3.29. The summed E-state index contributed by atoms with van der Waals surface area (Å²) in [6.45, 7) is -0.906. The Morgan fingerprint density at radius 3 is 2.25 bits per heavy atom. The second-order valence-electron chi connectivity index (χ2n) is 0.751. The lowest BCUT2D eigenvalue weighted by Gasteiger charge is -1.94. The molecular formula is CH5O5PS. The molecule has 7 heteroatoms. The van der Waals surface area contributed by atoms with Crippen LogP contribution in [0.1, 0.15) is 0 Å². The van der Waals surface area contributed by atoms with Crippen LogP contribution in [-0.4, -0.2) is 20.3 Å². The molecular weight excluding hydrogens is 155 g/mol. The summed E-state index contributed by atoms with van der Waals surface area (Å²) in [6.07, 6.45) is 0. The first-order chi connectivity index (χ1) is 3.62. The second-order valence-corrected chi connectivity index (χ2v) is 2.57. The molecule has 0 aromatic heterocycles. The van der Waals surface area contributed by atoms with Crippen LogP contribution in [0, 0.1) is 0 Å². The molecule has 0 fully saturated rings. The van der Waals surface area contributed by atoms with Crippen molar-refractivity contribution in [2.75, 3.05) is 6.79 Å². The van der Waals surface area contributed by atoms with Gasteiger partial charge in [-0.05, 0) is 0 Å². The van der Waals surface area contributed by atoms with Crippen molar-refractivity contribution in [1.29, 1.82) is 0 Å². The fourth-order valence-electron chi connectivity index (χ4n) is 0.0923. The van der Waals surface area contributed by atoms with Crippen molar-refractivity contribution >= 4 is 19.9 Å². The molecule has 1 atom stereocenters. The van der Waals surface area contributed by atoms with Crippen LogP contribution in [0.2, 0.25) is 0 Å². The van der Waals surface area contributed by atoms with Crippen LogP contribution in [0.25, 0.3) is 0 Å². The van der Waals surface area contributed by atoms with Crippen LogP contribution in [0.3, 0.4) is 0 Å². The van der Waals surface area contributed by atoms with Crippen LogP contribution in [0.15, 0.2) is 0 Å². The predicted octanol–water partition coefficient (Wildman–Crippen LogP) is -0.996. The van der Waals surface area contributed by atoms with Gasteiger partial charge in [0.15, 0.2) is 6.79 Å². The zero-order chi connectivity index (χ0) is 6.62. The van der Waals surface area contributed by atoms with E-state index in [1.54, 1.807) is 0 Å². The first-order valence-electron chi connectivity index (χ1n) is 1.51. The highest BCUT2D eigenvalue weighted by molar-refractivity contribution is 7.84. The molecule has 50 valence electrons. The molecule has 0 saturated heterocycles. The van der Waals surface area contributed by atoms with Crippen molar-refractivity contribution in [1.82, 2.24) is 0 Å². The Balaban J connectivity index is 3.76. The van der Waals surface area contributed by atoms with Crippen LogP contribution >= 0.6 is 9.47 Å². The van der Waals surface area contributed by atoms with Crippen LogP contribution in [0.5, 0.6) is 0 Å². The molecule has 8 heavy (non-hydrogen) atoms. The van der Waals surface area contributed by atoms with Crippen molar-refractivity contribution < 1.29 is 21.7 Å². The number of rotatable bonds is 3. The normalized spacial score (nSPS) is 11.8. The molecule has 0 aliphatic heterocycles. The van der Waals surface area contributed by atoms with Crippen molar-refractivity contribution in [3.05, 3.63) is 0 Å². The van der Waals surface area contributed by atoms with Gasteiger partial charge < -0.3 is 5.11 Å². The Hall–Kier alpha value is 0.260. The highest BCUT2D eigenvalue weighted by atomic mass is 32.3. The fraction of sp³-hybridized carbons (Fsp3) is 1.00. The molecule has 0 rings (SSSR count). The Morgan fingerprint density at radius 2 is 2.12 bits per heavy atom. The van der Waals surface area contributed by atoms with E-state index in [1.165, 1.54) is 9.47 Å². The summed E-state index contributed by atoms with van der Waals surface area (Å²) in [5.41, 5.74) is 0. The molecule has 0 amide bonds. The fourth-order valence-corrected chi connectivity index (χ4v) is 0.444. The van der Waals surface area contributed by atoms with Gasteiger partial charge in [-0.1, -0.05) is 0 Å². The zero-order valence-corrected chi connectivity index (χ0v) is 5.74. The van der Waals surface area contributed by atoms with Crippen molar-refractivity contribution in [3.8, 4) is 0 Å². The molecule has 0 bridgehead atoms. The average Bonchev–Trinajstić information content (AvgIpc) is 1.67. The SMILES string of the molecule is O=S(=O)(OP)OCO. The molecule has 0 saturated carbocycles. The van der Waals surface area contributed by atoms with Crippen LogP contribution < -0.4 is 0 Å². The lowest BCUT2D eigenvalue weighted by Crippen LogP contribution is -2.04. The van der Waals surface area contributed by atoms with Crippen molar-refractivity contribution in [3.63, 3.8) is 0 Å². The molecule has 0 radical (unpaired) electrons. The predicted molar refractivity (Wildman–Crippen MR) is 27.9 cm³/mol.